The lowest BCUT2D eigenvalue weighted by atomic mass is 9.77. The van der Waals surface area contributed by atoms with E-state index >= 15 is 0 Å². The Morgan fingerprint density at radius 1 is 1.50 bits per heavy atom. The van der Waals surface area contributed by atoms with Gasteiger partial charge in [0.15, 0.2) is 0 Å². The second kappa shape index (κ2) is 3.25. The van der Waals surface area contributed by atoms with Gasteiger partial charge in [0.05, 0.1) is 5.41 Å². The van der Waals surface area contributed by atoms with Crippen molar-refractivity contribution in [3.63, 3.8) is 0 Å². The smallest absolute Gasteiger partial charge is 0.131 e. The van der Waals surface area contributed by atoms with E-state index in [1.165, 1.54) is 0 Å². The van der Waals surface area contributed by atoms with Crippen molar-refractivity contribution in [2.45, 2.75) is 26.7 Å². The molecular formula is C13H16O. The molecule has 0 heterocycles. The lowest BCUT2D eigenvalue weighted by molar-refractivity contribution is -0.115. The molecule has 2 aliphatic carbocycles. The third-order valence-corrected chi connectivity index (χ3v) is 3.33. The van der Waals surface area contributed by atoms with Crippen LogP contribution in [-0.4, -0.2) is 6.29 Å². The number of hydrogen-bond donors (Lipinski definition) is 0. The van der Waals surface area contributed by atoms with E-state index in [0.29, 0.717) is 11.8 Å². The first-order valence-corrected chi connectivity index (χ1v) is 5.22. The summed E-state index contributed by atoms with van der Waals surface area (Å²) in [6.07, 6.45) is 9.70. The molecule has 0 aliphatic heterocycles. The van der Waals surface area contributed by atoms with Gasteiger partial charge in [-0.2, -0.15) is 0 Å². The molecule has 1 heteroatoms. The molecule has 0 aromatic rings. The topological polar surface area (TPSA) is 17.1 Å². The van der Waals surface area contributed by atoms with Gasteiger partial charge in [-0.05, 0) is 50.2 Å². The van der Waals surface area contributed by atoms with Gasteiger partial charge in [-0.15, -0.1) is 5.73 Å². The van der Waals surface area contributed by atoms with Crippen LogP contribution in [0.5, 0.6) is 0 Å². The van der Waals surface area contributed by atoms with Crippen molar-refractivity contribution in [2.24, 2.45) is 17.3 Å². The highest BCUT2D eigenvalue weighted by molar-refractivity contribution is 5.65. The molecule has 0 aromatic heterocycles. The molecule has 1 saturated carbocycles. The number of hydrogen-bond acceptors (Lipinski definition) is 1. The van der Waals surface area contributed by atoms with E-state index in [1.807, 2.05) is 19.9 Å². The molecule has 3 atom stereocenters. The summed E-state index contributed by atoms with van der Waals surface area (Å²) < 4.78 is 0. The van der Waals surface area contributed by atoms with Gasteiger partial charge in [-0.25, -0.2) is 0 Å². The van der Waals surface area contributed by atoms with Crippen LogP contribution in [0, 0.1) is 17.3 Å². The van der Waals surface area contributed by atoms with Crippen molar-refractivity contribution in [3.8, 4) is 0 Å². The lowest BCUT2D eigenvalue weighted by Crippen LogP contribution is -2.24. The molecule has 0 amide bonds. The van der Waals surface area contributed by atoms with E-state index in [0.717, 1.165) is 24.7 Å². The summed E-state index contributed by atoms with van der Waals surface area (Å²) in [5.74, 6) is 1.05. The maximum absolute atomic E-state index is 11.2. The predicted octanol–water partition coefficient (Wildman–Crippen LogP) is 2.89. The summed E-state index contributed by atoms with van der Waals surface area (Å²) in [4.78, 5) is 11.2. The van der Waals surface area contributed by atoms with Gasteiger partial charge in [0, 0.05) is 0 Å². The van der Waals surface area contributed by atoms with Gasteiger partial charge in [0.2, 0.25) is 0 Å². The molecule has 2 aliphatic rings. The fourth-order valence-electron chi connectivity index (χ4n) is 2.54. The number of carbonyl (C=O) groups excluding carboxylic acids is 1. The molecule has 0 N–H and O–H groups in total. The van der Waals surface area contributed by atoms with E-state index < -0.39 is 0 Å². The summed E-state index contributed by atoms with van der Waals surface area (Å²) in [7, 11) is 0. The van der Waals surface area contributed by atoms with Gasteiger partial charge in [-0.3, -0.25) is 0 Å². The lowest BCUT2D eigenvalue weighted by Gasteiger charge is -2.24. The Labute approximate surface area is 85.2 Å². The zero-order valence-electron chi connectivity index (χ0n) is 8.79. The summed E-state index contributed by atoms with van der Waals surface area (Å²) in [6, 6.07) is 0. The van der Waals surface area contributed by atoms with E-state index in [2.05, 4.69) is 17.9 Å². The molecule has 2 rings (SSSR count). The SMILES string of the molecule is CC(C)=C=C[C@]1(C=O)C[C@H]2C=C[C@H]1C2. The highest BCUT2D eigenvalue weighted by Crippen LogP contribution is 2.51. The van der Waals surface area contributed by atoms with Crippen LogP contribution < -0.4 is 0 Å². The molecule has 0 spiro atoms. The third kappa shape index (κ3) is 1.38. The van der Waals surface area contributed by atoms with Crippen LogP contribution in [0.2, 0.25) is 0 Å². The van der Waals surface area contributed by atoms with Crippen LogP contribution in [0.1, 0.15) is 26.7 Å². The highest BCUT2D eigenvalue weighted by Gasteiger charge is 2.46. The molecule has 2 bridgehead atoms. The third-order valence-electron chi connectivity index (χ3n) is 3.33. The fourth-order valence-corrected chi connectivity index (χ4v) is 2.54. The van der Waals surface area contributed by atoms with E-state index in [1.54, 1.807) is 0 Å². The summed E-state index contributed by atoms with van der Waals surface area (Å²) in [5, 5.41) is 0. The number of carbonyl (C=O) groups is 1. The Morgan fingerprint density at radius 2 is 2.29 bits per heavy atom. The maximum atomic E-state index is 11.2. The Kier molecular flexibility index (Phi) is 2.20. The zero-order valence-corrected chi connectivity index (χ0v) is 8.79. The molecule has 1 fully saturated rings. The summed E-state index contributed by atoms with van der Waals surface area (Å²) in [5.41, 5.74) is 4.09. The molecule has 74 valence electrons. The van der Waals surface area contributed by atoms with Crippen molar-refractivity contribution >= 4 is 6.29 Å². The van der Waals surface area contributed by atoms with Crippen molar-refractivity contribution in [1.29, 1.82) is 0 Å². The zero-order chi connectivity index (χ0) is 10.2. The quantitative estimate of drug-likeness (QED) is 0.370. The fraction of sp³-hybridized carbons (Fsp3) is 0.538. The first-order chi connectivity index (χ1) is 6.66. The summed E-state index contributed by atoms with van der Waals surface area (Å²) in [6.45, 7) is 4.02. The van der Waals surface area contributed by atoms with Crippen molar-refractivity contribution in [2.75, 3.05) is 0 Å². The molecule has 0 aromatic carbocycles. The first kappa shape index (κ1) is 9.48. The van der Waals surface area contributed by atoms with Crippen molar-refractivity contribution in [1.82, 2.24) is 0 Å². The Balaban J connectivity index is 2.33. The van der Waals surface area contributed by atoms with Crippen molar-refractivity contribution in [3.05, 3.63) is 29.5 Å². The Hall–Kier alpha value is -1.07. The number of fused-ring (bicyclic) bond motifs is 2. The minimum absolute atomic E-state index is 0.239. The predicted molar refractivity (Wildman–Crippen MR) is 56.8 cm³/mol. The highest BCUT2D eigenvalue weighted by atomic mass is 16.1. The van der Waals surface area contributed by atoms with E-state index in [4.69, 9.17) is 0 Å². The van der Waals surface area contributed by atoms with Gasteiger partial charge in [0.1, 0.15) is 6.29 Å². The van der Waals surface area contributed by atoms with Crippen LogP contribution in [0.3, 0.4) is 0 Å². The van der Waals surface area contributed by atoms with Crippen LogP contribution >= 0.6 is 0 Å². The van der Waals surface area contributed by atoms with Crippen LogP contribution in [0.15, 0.2) is 29.5 Å². The van der Waals surface area contributed by atoms with Crippen LogP contribution in [0.4, 0.5) is 0 Å². The van der Waals surface area contributed by atoms with Gasteiger partial charge in [-0.1, -0.05) is 12.2 Å². The Morgan fingerprint density at radius 3 is 2.71 bits per heavy atom. The molecule has 14 heavy (non-hydrogen) atoms. The minimum Gasteiger partial charge on any atom is -0.302 e. The van der Waals surface area contributed by atoms with Crippen LogP contribution in [-0.2, 0) is 4.79 Å². The minimum atomic E-state index is -0.239. The van der Waals surface area contributed by atoms with E-state index in [-0.39, 0.29) is 5.41 Å². The summed E-state index contributed by atoms with van der Waals surface area (Å²) >= 11 is 0. The van der Waals surface area contributed by atoms with Crippen LogP contribution in [0.25, 0.3) is 0 Å². The molecular weight excluding hydrogens is 172 g/mol. The largest absolute Gasteiger partial charge is 0.302 e. The second-order valence-corrected chi connectivity index (χ2v) is 4.71. The average Bonchev–Trinajstić information content (AvgIpc) is 2.74. The normalized spacial score (nSPS) is 38.1. The van der Waals surface area contributed by atoms with E-state index in [9.17, 15) is 4.79 Å². The Bertz CT molecular complexity index is 340. The maximum Gasteiger partial charge on any atom is 0.131 e. The molecule has 1 nitrogen and oxygen atoms in total. The average molecular weight is 188 g/mol. The van der Waals surface area contributed by atoms with Gasteiger partial charge < -0.3 is 4.79 Å². The standard InChI is InChI=1S/C13H16O/c1-10(2)5-6-13(9-14)8-11-3-4-12(13)7-11/h3-4,6,9,11-12H,7-8H2,1-2H3/t11-,12-,13+/m0/s1. The molecule has 0 unspecified atom stereocenters. The van der Waals surface area contributed by atoms with Crippen molar-refractivity contribution < 1.29 is 4.79 Å². The number of aldehydes is 1. The second-order valence-electron chi connectivity index (χ2n) is 4.71. The van der Waals surface area contributed by atoms with Gasteiger partial charge >= 0.3 is 0 Å². The molecule has 0 saturated heterocycles. The van der Waals surface area contributed by atoms with Gasteiger partial charge in [0.25, 0.3) is 0 Å². The molecule has 0 radical (unpaired) electrons. The first-order valence-electron chi connectivity index (χ1n) is 5.22. The monoisotopic (exact) mass is 188 g/mol. The number of rotatable bonds is 2. The number of allylic oxidation sites excluding steroid dienone is 3.